The molecule has 3 aromatic rings. The van der Waals surface area contributed by atoms with Gasteiger partial charge in [0.05, 0.1) is 16.3 Å². The number of fused-ring (bicyclic) bond motifs is 1. The van der Waals surface area contributed by atoms with E-state index >= 15 is 0 Å². The minimum atomic E-state index is -0.0377. The van der Waals surface area contributed by atoms with Gasteiger partial charge in [-0.25, -0.2) is 0 Å². The summed E-state index contributed by atoms with van der Waals surface area (Å²) in [5, 5.41) is 12.7. The summed E-state index contributed by atoms with van der Waals surface area (Å²) < 4.78 is 0.699. The molecule has 2 heterocycles. The van der Waals surface area contributed by atoms with Gasteiger partial charge in [0.2, 0.25) is 11.0 Å². The number of carbonyl (C=O) groups excluding carboxylic acids is 1. The number of nitrogens with one attached hydrogen (secondary N) is 2. The van der Waals surface area contributed by atoms with Crippen LogP contribution in [0.1, 0.15) is 11.3 Å². The van der Waals surface area contributed by atoms with E-state index in [1.54, 1.807) is 0 Å². The summed E-state index contributed by atoms with van der Waals surface area (Å²) in [5.41, 5.74) is 8.71. The van der Waals surface area contributed by atoms with Crippen molar-refractivity contribution < 1.29 is 4.79 Å². The van der Waals surface area contributed by atoms with Gasteiger partial charge < -0.3 is 16.0 Å². The maximum Gasteiger partial charge on any atom is 0.230 e. The molecule has 4 N–H and O–H groups in total. The van der Waals surface area contributed by atoms with E-state index in [1.165, 1.54) is 28.7 Å². The summed E-state index contributed by atoms with van der Waals surface area (Å²) in [7, 11) is 0. The molecule has 0 unspecified atom stereocenters. The summed E-state index contributed by atoms with van der Waals surface area (Å²) in [6.45, 7) is 2.58. The maximum atomic E-state index is 11.9. The molecule has 0 atom stereocenters. The smallest absolute Gasteiger partial charge is 0.230 e. The number of amides is 1. The number of para-hydroxylation sites is 1. The number of aromatic amines is 1. The fraction of sp³-hybridized carbons (Fsp3) is 0.267. The molecular formula is C15H16ClN5OS2. The number of nitrogens with zero attached hydrogens (tertiary/aromatic N) is 2. The quantitative estimate of drug-likeness (QED) is 0.570. The van der Waals surface area contributed by atoms with Gasteiger partial charge in [0.1, 0.15) is 0 Å². The average Bonchev–Trinajstić information content (AvgIpc) is 3.10. The topological polar surface area (TPSA) is 96.7 Å². The Morgan fingerprint density at radius 1 is 1.46 bits per heavy atom. The van der Waals surface area contributed by atoms with E-state index in [2.05, 4.69) is 20.5 Å². The molecule has 0 aliphatic heterocycles. The fourth-order valence-corrected chi connectivity index (χ4v) is 4.16. The van der Waals surface area contributed by atoms with Crippen molar-refractivity contribution in [2.75, 3.05) is 18.0 Å². The molecule has 1 amide bonds. The number of halogens is 1. The molecule has 0 aliphatic rings. The highest BCUT2D eigenvalue weighted by Crippen LogP contribution is 2.28. The Balaban J connectivity index is 1.54. The molecule has 3 rings (SSSR count). The molecule has 9 heteroatoms. The Morgan fingerprint density at radius 2 is 2.29 bits per heavy atom. The predicted molar refractivity (Wildman–Crippen MR) is 99.8 cm³/mol. The van der Waals surface area contributed by atoms with Crippen LogP contribution in [0, 0.1) is 6.92 Å². The third-order valence-corrected chi connectivity index (χ3v) is 5.75. The molecule has 2 aromatic heterocycles. The maximum absolute atomic E-state index is 11.9. The van der Waals surface area contributed by atoms with Gasteiger partial charge in [-0.2, -0.15) is 0 Å². The van der Waals surface area contributed by atoms with Crippen molar-refractivity contribution in [3.05, 3.63) is 34.5 Å². The molecule has 6 nitrogen and oxygen atoms in total. The largest absolute Gasteiger partial charge is 0.374 e. The van der Waals surface area contributed by atoms with Gasteiger partial charge in [-0.1, -0.05) is 46.8 Å². The lowest BCUT2D eigenvalue weighted by Gasteiger charge is -2.05. The Labute approximate surface area is 152 Å². The molecule has 0 saturated carbocycles. The van der Waals surface area contributed by atoms with Gasteiger partial charge in [-0.15, -0.1) is 10.2 Å². The van der Waals surface area contributed by atoms with Crippen molar-refractivity contribution in [2.24, 2.45) is 0 Å². The van der Waals surface area contributed by atoms with Crippen molar-refractivity contribution in [3.8, 4) is 0 Å². The average molecular weight is 382 g/mol. The Morgan fingerprint density at radius 3 is 3.04 bits per heavy atom. The first kappa shape index (κ1) is 17.1. The van der Waals surface area contributed by atoms with Crippen LogP contribution in [0.2, 0.25) is 5.02 Å². The zero-order valence-corrected chi connectivity index (χ0v) is 15.3. The number of anilines is 1. The van der Waals surface area contributed by atoms with E-state index in [1.807, 2.05) is 25.1 Å². The number of aryl methyl sites for hydroxylation is 1. The lowest BCUT2D eigenvalue weighted by atomic mass is 10.1. The fourth-order valence-electron chi connectivity index (χ4n) is 2.47. The number of hydrogen-bond acceptors (Lipinski definition) is 6. The van der Waals surface area contributed by atoms with Crippen LogP contribution in [0.15, 0.2) is 22.5 Å². The Bertz CT molecular complexity index is 876. The molecular weight excluding hydrogens is 366 g/mol. The van der Waals surface area contributed by atoms with Crippen molar-refractivity contribution in [1.29, 1.82) is 0 Å². The molecule has 0 fully saturated rings. The third kappa shape index (κ3) is 3.82. The van der Waals surface area contributed by atoms with Crippen LogP contribution < -0.4 is 11.1 Å². The number of rotatable bonds is 6. The van der Waals surface area contributed by atoms with Crippen LogP contribution in [0.3, 0.4) is 0 Å². The zero-order valence-electron chi connectivity index (χ0n) is 12.9. The lowest BCUT2D eigenvalue weighted by Crippen LogP contribution is -2.27. The van der Waals surface area contributed by atoms with E-state index in [0.717, 1.165) is 23.0 Å². The number of H-pyrrole nitrogens is 1. The third-order valence-electron chi connectivity index (χ3n) is 3.55. The van der Waals surface area contributed by atoms with Gasteiger partial charge in [0.25, 0.3) is 0 Å². The van der Waals surface area contributed by atoms with Crippen molar-refractivity contribution in [3.63, 3.8) is 0 Å². The number of carbonyl (C=O) groups is 1. The van der Waals surface area contributed by atoms with Crippen molar-refractivity contribution in [2.45, 2.75) is 17.7 Å². The molecule has 0 saturated heterocycles. The standard InChI is InChI=1S/C15H16ClN5OS2/c1-8-9(10-3-2-4-11(16)13(10)19-8)5-6-18-12(22)7-23-15-21-20-14(17)24-15/h2-4,19H,5-7H2,1H3,(H2,17,20)(H,18,22). The molecule has 126 valence electrons. The predicted octanol–water partition coefficient (Wildman–Crippen LogP) is 3.01. The number of aromatic nitrogens is 3. The summed E-state index contributed by atoms with van der Waals surface area (Å²) in [6, 6.07) is 5.84. The molecule has 0 aliphatic carbocycles. The number of hydrogen-bond donors (Lipinski definition) is 3. The monoisotopic (exact) mass is 381 g/mol. The first-order valence-electron chi connectivity index (χ1n) is 7.28. The summed E-state index contributed by atoms with van der Waals surface area (Å²) in [4.78, 5) is 15.2. The molecule has 1 aromatic carbocycles. The van der Waals surface area contributed by atoms with Crippen molar-refractivity contribution >= 4 is 56.6 Å². The highest BCUT2D eigenvalue weighted by molar-refractivity contribution is 8.01. The normalized spacial score (nSPS) is 11.1. The number of nitrogens with two attached hydrogens (primary N) is 1. The lowest BCUT2D eigenvalue weighted by molar-refractivity contribution is -0.118. The Hall–Kier alpha value is -1.77. The van der Waals surface area contributed by atoms with Gasteiger partial charge in [0.15, 0.2) is 4.34 Å². The summed E-state index contributed by atoms with van der Waals surface area (Å²) in [6.07, 6.45) is 0.744. The van der Waals surface area contributed by atoms with Crippen molar-refractivity contribution in [1.82, 2.24) is 20.5 Å². The van der Waals surface area contributed by atoms with Crippen LogP contribution in [-0.2, 0) is 11.2 Å². The van der Waals surface area contributed by atoms with Gasteiger partial charge in [0, 0.05) is 17.6 Å². The highest BCUT2D eigenvalue weighted by atomic mass is 35.5. The first-order chi connectivity index (χ1) is 11.5. The second-order valence-corrected chi connectivity index (χ2v) is 7.82. The van der Waals surface area contributed by atoms with E-state index in [-0.39, 0.29) is 5.91 Å². The van der Waals surface area contributed by atoms with Gasteiger partial charge in [-0.05, 0) is 25.0 Å². The van der Waals surface area contributed by atoms with E-state index in [0.29, 0.717) is 26.8 Å². The molecule has 0 spiro atoms. The van der Waals surface area contributed by atoms with Crippen LogP contribution in [0.4, 0.5) is 5.13 Å². The minimum Gasteiger partial charge on any atom is -0.374 e. The molecule has 0 radical (unpaired) electrons. The Kier molecular flexibility index (Phi) is 5.27. The van der Waals surface area contributed by atoms with Gasteiger partial charge in [-0.3, -0.25) is 4.79 Å². The van der Waals surface area contributed by atoms with Crippen LogP contribution in [0.25, 0.3) is 10.9 Å². The van der Waals surface area contributed by atoms with Gasteiger partial charge >= 0.3 is 0 Å². The summed E-state index contributed by atoms with van der Waals surface area (Å²) in [5.74, 6) is 0.261. The number of benzene rings is 1. The second-order valence-electron chi connectivity index (χ2n) is 5.19. The number of nitrogen functional groups attached to an aromatic ring is 1. The first-order valence-corrected chi connectivity index (χ1v) is 9.46. The van der Waals surface area contributed by atoms with Crippen LogP contribution in [-0.4, -0.2) is 33.4 Å². The van der Waals surface area contributed by atoms with E-state index in [4.69, 9.17) is 17.3 Å². The minimum absolute atomic E-state index is 0.0377. The van der Waals surface area contributed by atoms with Crippen LogP contribution in [0.5, 0.6) is 0 Å². The SMILES string of the molecule is Cc1[nH]c2c(Cl)cccc2c1CCNC(=O)CSc1nnc(N)s1. The second kappa shape index (κ2) is 7.42. The highest BCUT2D eigenvalue weighted by Gasteiger charge is 2.11. The molecule has 0 bridgehead atoms. The van der Waals surface area contributed by atoms with E-state index in [9.17, 15) is 4.79 Å². The number of thioether (sulfide) groups is 1. The van der Waals surface area contributed by atoms with E-state index < -0.39 is 0 Å². The zero-order chi connectivity index (χ0) is 17.1. The van der Waals surface area contributed by atoms with Crippen LogP contribution >= 0.6 is 34.7 Å². The summed E-state index contributed by atoms with van der Waals surface area (Å²) >= 11 is 8.82. The molecule has 24 heavy (non-hydrogen) atoms.